The van der Waals surface area contributed by atoms with Crippen LogP contribution in [-0.2, 0) is 98.0 Å². The molecular formula is C6H18O18P6S6. The van der Waals surface area contributed by atoms with Crippen LogP contribution in [-0.4, -0.2) is 95.3 Å². The van der Waals surface area contributed by atoms with Gasteiger partial charge in [0.1, 0.15) is 36.6 Å². The molecule has 1 aliphatic carbocycles. The number of rotatable bonds is 12. The molecule has 36 heavy (non-hydrogen) atoms. The second-order valence-corrected chi connectivity index (χ2v) is 22.1. The predicted molar refractivity (Wildman–Crippen MR) is 142 cm³/mol. The zero-order valence-electron chi connectivity index (χ0n) is 16.4. The summed E-state index contributed by atoms with van der Waals surface area (Å²) in [4.78, 5) is 117. The fraction of sp³-hybridized carbons (Fsp3) is 1.00. The van der Waals surface area contributed by atoms with Crippen molar-refractivity contribution in [2.45, 2.75) is 36.6 Å². The van der Waals surface area contributed by atoms with Crippen LogP contribution in [0.4, 0.5) is 0 Å². The molecule has 0 aromatic carbocycles. The molecule has 0 saturated heterocycles. The van der Waals surface area contributed by atoms with Crippen LogP contribution in [0.2, 0.25) is 0 Å². The lowest BCUT2D eigenvalue weighted by Crippen LogP contribution is -2.66. The first-order valence-corrected chi connectivity index (χ1v) is 23.8. The van der Waals surface area contributed by atoms with E-state index in [0.717, 1.165) is 0 Å². The van der Waals surface area contributed by atoms with E-state index in [-0.39, 0.29) is 0 Å². The van der Waals surface area contributed by atoms with E-state index in [1.807, 2.05) is 0 Å². The van der Waals surface area contributed by atoms with Crippen LogP contribution < -0.4 is 0 Å². The fourth-order valence-electron chi connectivity index (χ4n) is 2.79. The molecule has 1 saturated carbocycles. The van der Waals surface area contributed by atoms with Crippen LogP contribution in [0.1, 0.15) is 0 Å². The summed E-state index contributed by atoms with van der Waals surface area (Å²) >= 11 is 26.1. The highest BCUT2D eigenvalue weighted by molar-refractivity contribution is 8.08. The molecule has 0 heterocycles. The van der Waals surface area contributed by atoms with Gasteiger partial charge in [-0.2, -0.15) is 0 Å². The van der Waals surface area contributed by atoms with Crippen LogP contribution in [0.5, 0.6) is 0 Å². The van der Waals surface area contributed by atoms with Crippen LogP contribution in [0.3, 0.4) is 0 Å². The fourth-order valence-corrected chi connectivity index (χ4v) is 7.92. The third-order valence-electron chi connectivity index (χ3n) is 3.50. The molecule has 216 valence electrons. The molecule has 0 spiro atoms. The van der Waals surface area contributed by atoms with Crippen molar-refractivity contribution in [3.63, 3.8) is 0 Å². The molecule has 1 aliphatic rings. The van der Waals surface area contributed by atoms with Gasteiger partial charge >= 0.3 is 40.3 Å². The Bertz CT molecular complexity index is 837. The predicted octanol–water partition coefficient (Wildman–Crippen LogP) is -2.43. The molecule has 0 bridgehead atoms. The molecule has 0 aromatic heterocycles. The van der Waals surface area contributed by atoms with E-state index < -0.39 is 76.9 Å². The smallest absolute Gasteiger partial charge is 0.322 e. The lowest BCUT2D eigenvalue weighted by atomic mass is 9.85. The molecule has 0 aromatic rings. The standard InChI is InChI=1S/C6H18O18P6S6/c7-25(8,31)19-1-2(20-26(9,10)32)4(22-28(13,14)34)6(24-30(17,18)36)5(23-29(15,16)35)3(1)21-27(11,12)33/h1-6H,(H2,7,8,31)(H2,9,10,32)(H2,11,12,33)(H2,13,14,34)(H2,15,16,35)(H2,17,18,36)/t1-,2-,3-,4+,5-,6-. The van der Waals surface area contributed by atoms with E-state index >= 15 is 0 Å². The average molecular weight is 756 g/mol. The number of hydrogen-bond acceptors (Lipinski definition) is 12. The van der Waals surface area contributed by atoms with Crippen molar-refractivity contribution in [2.24, 2.45) is 0 Å². The summed E-state index contributed by atoms with van der Waals surface area (Å²) in [6.45, 7) is -29.4. The minimum absolute atomic E-state index is 2.41. The van der Waals surface area contributed by atoms with Crippen molar-refractivity contribution in [3.8, 4) is 0 Å². The van der Waals surface area contributed by atoms with E-state index in [9.17, 15) is 58.7 Å². The molecule has 0 radical (unpaired) electrons. The Morgan fingerprint density at radius 3 is 0.417 bits per heavy atom. The third kappa shape index (κ3) is 14.9. The van der Waals surface area contributed by atoms with Crippen LogP contribution in [0.15, 0.2) is 0 Å². The first-order valence-electron chi connectivity index (χ1n) is 8.01. The van der Waals surface area contributed by atoms with E-state index in [1.54, 1.807) is 0 Å². The second-order valence-electron chi connectivity index (χ2n) is 6.36. The summed E-state index contributed by atoms with van der Waals surface area (Å²) in [5.41, 5.74) is 0. The van der Waals surface area contributed by atoms with E-state index in [4.69, 9.17) is 27.1 Å². The summed E-state index contributed by atoms with van der Waals surface area (Å²) in [5, 5.41) is 0. The van der Waals surface area contributed by atoms with Crippen molar-refractivity contribution in [1.82, 2.24) is 0 Å². The van der Waals surface area contributed by atoms with Crippen LogP contribution >= 0.6 is 40.3 Å². The zero-order valence-corrected chi connectivity index (χ0v) is 26.7. The summed E-state index contributed by atoms with van der Waals surface area (Å²) in [6, 6.07) is 0. The Morgan fingerprint density at radius 2 is 0.361 bits per heavy atom. The highest BCUT2D eigenvalue weighted by Gasteiger charge is 2.60. The largest absolute Gasteiger partial charge is 0.325 e. The van der Waals surface area contributed by atoms with Gasteiger partial charge in [0.25, 0.3) is 0 Å². The lowest BCUT2D eigenvalue weighted by molar-refractivity contribution is -0.192. The minimum Gasteiger partial charge on any atom is -0.325 e. The molecule has 0 amide bonds. The van der Waals surface area contributed by atoms with Gasteiger partial charge in [0, 0.05) is 0 Å². The Kier molecular flexibility index (Phi) is 13.7. The normalized spacial score (nSPS) is 29.3. The van der Waals surface area contributed by atoms with E-state index in [2.05, 4.69) is 70.8 Å². The molecule has 30 heteroatoms. The molecule has 1 fully saturated rings. The zero-order chi connectivity index (χ0) is 28.7. The lowest BCUT2D eigenvalue weighted by Gasteiger charge is -2.49. The monoisotopic (exact) mass is 756 g/mol. The van der Waals surface area contributed by atoms with Crippen molar-refractivity contribution in [3.05, 3.63) is 0 Å². The van der Waals surface area contributed by atoms with Gasteiger partial charge in [0.15, 0.2) is 0 Å². The highest BCUT2D eigenvalue weighted by Crippen LogP contribution is 2.57. The Labute approximate surface area is 232 Å². The average Bonchev–Trinajstić information content (AvgIpc) is 2.51. The molecule has 0 aliphatic heterocycles. The second kappa shape index (κ2) is 13.2. The van der Waals surface area contributed by atoms with Crippen molar-refractivity contribution in [1.29, 1.82) is 0 Å². The molecule has 18 nitrogen and oxygen atoms in total. The topological polar surface area (TPSA) is 298 Å². The quantitative estimate of drug-likeness (QED) is 0.0922. The first-order chi connectivity index (χ1) is 15.6. The van der Waals surface area contributed by atoms with Gasteiger partial charge in [0.2, 0.25) is 0 Å². The molecule has 1 rings (SSSR count). The van der Waals surface area contributed by atoms with Gasteiger partial charge in [-0.25, -0.2) is 0 Å². The van der Waals surface area contributed by atoms with Gasteiger partial charge in [0.05, 0.1) is 0 Å². The molecule has 0 atom stereocenters. The van der Waals surface area contributed by atoms with Gasteiger partial charge in [-0.1, -0.05) is 0 Å². The van der Waals surface area contributed by atoms with E-state index in [0.29, 0.717) is 0 Å². The van der Waals surface area contributed by atoms with Crippen molar-refractivity contribution >= 4 is 111 Å². The molecule has 12 N–H and O–H groups in total. The SMILES string of the molecule is OP(O)(=S)O[C@H]1[C@H](OP(O)(O)=S)[C@@H](OP(O)(O)=S)[C@H](OP(O)(O)=S)[C@@H](OP(O)(O)=S)[C@H]1OP(O)(O)=S. The Morgan fingerprint density at radius 1 is 0.278 bits per heavy atom. The highest BCUT2D eigenvalue weighted by atomic mass is 32.5. The summed E-state index contributed by atoms with van der Waals surface area (Å²) in [6.07, 6.45) is -14.5. The minimum atomic E-state index is -4.90. The van der Waals surface area contributed by atoms with Gasteiger partial charge < -0.3 is 58.7 Å². The van der Waals surface area contributed by atoms with Crippen molar-refractivity contribution in [2.75, 3.05) is 0 Å². The third-order valence-corrected chi connectivity index (χ3v) is 8.15. The first kappa shape index (κ1) is 37.2. The molecule has 0 unspecified atom stereocenters. The van der Waals surface area contributed by atoms with Crippen LogP contribution in [0, 0.1) is 0 Å². The Balaban J connectivity index is 4.04. The summed E-state index contributed by atoms with van der Waals surface area (Å²) in [7, 11) is 0. The van der Waals surface area contributed by atoms with Gasteiger partial charge in [-0.05, 0) is 70.8 Å². The van der Waals surface area contributed by atoms with Gasteiger partial charge in [-0.3, -0.25) is 27.1 Å². The molecular weight excluding hydrogens is 738 g/mol. The van der Waals surface area contributed by atoms with Crippen molar-refractivity contribution < 1.29 is 85.9 Å². The van der Waals surface area contributed by atoms with Crippen LogP contribution in [0.25, 0.3) is 0 Å². The maximum atomic E-state index is 9.73. The Hall–Kier alpha value is 3.18. The van der Waals surface area contributed by atoms with Gasteiger partial charge in [-0.15, -0.1) is 0 Å². The number of hydrogen-bond donors (Lipinski definition) is 12. The summed E-state index contributed by atoms with van der Waals surface area (Å²) < 4.78 is 28.9. The van der Waals surface area contributed by atoms with E-state index in [1.165, 1.54) is 0 Å². The maximum Gasteiger partial charge on any atom is 0.322 e. The maximum absolute atomic E-state index is 9.73. The summed E-state index contributed by atoms with van der Waals surface area (Å²) in [5.74, 6) is 0.